The molecule has 0 atom stereocenters. The van der Waals surface area contributed by atoms with Gasteiger partial charge in [0.2, 0.25) is 0 Å². The van der Waals surface area contributed by atoms with Crippen molar-refractivity contribution in [2.24, 2.45) is 0 Å². The van der Waals surface area contributed by atoms with Crippen molar-refractivity contribution in [3.63, 3.8) is 0 Å². The average molecular weight is 325 g/mol. The van der Waals surface area contributed by atoms with Crippen molar-refractivity contribution in [3.8, 4) is 11.5 Å². The van der Waals surface area contributed by atoms with Crippen molar-refractivity contribution in [3.05, 3.63) is 65.7 Å². The molecule has 0 heterocycles. The van der Waals surface area contributed by atoms with Gasteiger partial charge in [0.1, 0.15) is 18.1 Å². The number of nitrogens with one attached hydrogen (secondary N) is 1. The lowest BCUT2D eigenvalue weighted by molar-refractivity contribution is -0.118. The number of anilines is 1. The number of hydrogen-bond acceptors (Lipinski definition) is 3. The summed E-state index contributed by atoms with van der Waals surface area (Å²) in [4.78, 5) is 12.1. The molecule has 0 saturated carbocycles. The fourth-order valence-corrected chi connectivity index (χ4v) is 2.31. The van der Waals surface area contributed by atoms with Crippen molar-refractivity contribution >= 4 is 11.6 Å². The highest BCUT2D eigenvalue weighted by atomic mass is 16.5. The van der Waals surface area contributed by atoms with E-state index in [0.29, 0.717) is 18.0 Å². The Bertz CT molecular complexity index is 738. The molecule has 2 aromatic carbocycles. The number of hydrogen-bond donors (Lipinski definition) is 1. The number of carbonyl (C=O) groups excluding carboxylic acids is 1. The number of carbonyl (C=O) groups is 1. The monoisotopic (exact) mass is 325 g/mol. The maximum absolute atomic E-state index is 12.1. The van der Waals surface area contributed by atoms with Crippen molar-refractivity contribution in [1.29, 1.82) is 0 Å². The normalized spacial score (nSPS) is 10.1. The van der Waals surface area contributed by atoms with E-state index < -0.39 is 0 Å². The Labute approximate surface area is 143 Å². The summed E-state index contributed by atoms with van der Waals surface area (Å²) in [5.74, 6) is 1.21. The van der Waals surface area contributed by atoms with Crippen LogP contribution in [0.5, 0.6) is 11.5 Å². The van der Waals surface area contributed by atoms with Crippen LogP contribution in [0.4, 0.5) is 5.69 Å². The highest BCUT2D eigenvalue weighted by Gasteiger charge is 2.08. The summed E-state index contributed by atoms with van der Waals surface area (Å²) >= 11 is 0. The van der Waals surface area contributed by atoms with E-state index in [0.717, 1.165) is 22.4 Å². The Morgan fingerprint density at radius 1 is 1.17 bits per heavy atom. The molecule has 0 bridgehead atoms. The van der Waals surface area contributed by atoms with E-state index in [1.54, 1.807) is 18.2 Å². The molecule has 2 rings (SSSR count). The highest BCUT2D eigenvalue weighted by molar-refractivity contribution is 5.92. The molecule has 1 N–H and O–H groups in total. The standard InChI is InChI=1S/C20H23NO3/c1-5-9-23-18-8-6-7-17(12-18)21-20(22)13-24-19-11-14(2)10-15(3)16(19)4/h5-8,10-12H,1,9,13H2,2-4H3,(H,21,22). The van der Waals surface area contributed by atoms with Crippen LogP contribution >= 0.6 is 0 Å². The van der Waals surface area contributed by atoms with E-state index in [9.17, 15) is 4.79 Å². The Hall–Kier alpha value is -2.75. The minimum Gasteiger partial charge on any atom is -0.489 e. The van der Waals surface area contributed by atoms with Crippen LogP contribution in [0.25, 0.3) is 0 Å². The van der Waals surface area contributed by atoms with Gasteiger partial charge in [0.05, 0.1) is 0 Å². The van der Waals surface area contributed by atoms with Gasteiger partial charge >= 0.3 is 0 Å². The SMILES string of the molecule is C=CCOc1cccc(NC(=O)COc2cc(C)cc(C)c2C)c1. The number of amides is 1. The van der Waals surface area contributed by atoms with Crippen LogP contribution in [-0.2, 0) is 4.79 Å². The number of rotatable bonds is 7. The van der Waals surface area contributed by atoms with E-state index in [2.05, 4.69) is 18.0 Å². The second-order valence-corrected chi connectivity index (χ2v) is 5.67. The van der Waals surface area contributed by atoms with E-state index in [4.69, 9.17) is 9.47 Å². The Morgan fingerprint density at radius 3 is 2.71 bits per heavy atom. The van der Waals surface area contributed by atoms with Gasteiger partial charge in [-0.3, -0.25) is 4.79 Å². The third kappa shape index (κ3) is 4.88. The predicted molar refractivity (Wildman–Crippen MR) is 96.9 cm³/mol. The zero-order chi connectivity index (χ0) is 17.5. The molecular formula is C20H23NO3. The van der Waals surface area contributed by atoms with Gasteiger partial charge in [-0.05, 0) is 55.7 Å². The molecule has 4 heteroatoms. The predicted octanol–water partition coefficient (Wildman–Crippen LogP) is 4.19. The van der Waals surface area contributed by atoms with E-state index >= 15 is 0 Å². The summed E-state index contributed by atoms with van der Waals surface area (Å²) in [5, 5.41) is 2.81. The summed E-state index contributed by atoms with van der Waals surface area (Å²) in [7, 11) is 0. The molecule has 24 heavy (non-hydrogen) atoms. The molecule has 0 aliphatic heterocycles. The van der Waals surface area contributed by atoms with Crippen LogP contribution < -0.4 is 14.8 Å². The van der Waals surface area contributed by atoms with Crippen molar-refractivity contribution in [2.45, 2.75) is 20.8 Å². The number of benzene rings is 2. The molecule has 0 aromatic heterocycles. The summed E-state index contributed by atoms with van der Waals surface area (Å²) in [6, 6.07) is 11.3. The van der Waals surface area contributed by atoms with E-state index in [1.165, 1.54) is 0 Å². The van der Waals surface area contributed by atoms with Crippen LogP contribution in [0, 0.1) is 20.8 Å². The second-order valence-electron chi connectivity index (χ2n) is 5.67. The first-order valence-electron chi connectivity index (χ1n) is 7.84. The van der Waals surface area contributed by atoms with Gasteiger partial charge in [0.25, 0.3) is 5.91 Å². The molecule has 126 valence electrons. The summed E-state index contributed by atoms with van der Waals surface area (Å²) in [5.41, 5.74) is 3.98. The van der Waals surface area contributed by atoms with E-state index in [-0.39, 0.29) is 12.5 Å². The molecular weight excluding hydrogens is 302 g/mol. The quantitative estimate of drug-likeness (QED) is 0.776. The first-order chi connectivity index (χ1) is 11.5. The van der Waals surface area contributed by atoms with Crippen molar-refractivity contribution < 1.29 is 14.3 Å². The van der Waals surface area contributed by atoms with Gasteiger partial charge in [0.15, 0.2) is 6.61 Å². The molecule has 0 unspecified atom stereocenters. The van der Waals surface area contributed by atoms with Gasteiger partial charge in [-0.1, -0.05) is 24.8 Å². The first-order valence-corrected chi connectivity index (χ1v) is 7.84. The molecule has 0 saturated heterocycles. The maximum Gasteiger partial charge on any atom is 0.262 e. The van der Waals surface area contributed by atoms with Crippen LogP contribution in [0.1, 0.15) is 16.7 Å². The molecule has 0 radical (unpaired) electrons. The minimum atomic E-state index is -0.213. The second kappa shape index (κ2) is 8.20. The lowest BCUT2D eigenvalue weighted by atomic mass is 10.1. The zero-order valence-electron chi connectivity index (χ0n) is 14.4. The molecule has 2 aromatic rings. The van der Waals surface area contributed by atoms with Crippen LogP contribution in [-0.4, -0.2) is 19.1 Å². The highest BCUT2D eigenvalue weighted by Crippen LogP contribution is 2.23. The van der Waals surface area contributed by atoms with Crippen LogP contribution in [0.15, 0.2) is 49.1 Å². The largest absolute Gasteiger partial charge is 0.489 e. The van der Waals surface area contributed by atoms with Crippen LogP contribution in [0.3, 0.4) is 0 Å². The zero-order valence-corrected chi connectivity index (χ0v) is 14.4. The number of aryl methyl sites for hydroxylation is 2. The summed E-state index contributed by atoms with van der Waals surface area (Å²) < 4.78 is 11.1. The lowest BCUT2D eigenvalue weighted by Gasteiger charge is -2.13. The Morgan fingerprint density at radius 2 is 1.96 bits per heavy atom. The third-order valence-electron chi connectivity index (χ3n) is 3.61. The van der Waals surface area contributed by atoms with Crippen molar-refractivity contribution in [1.82, 2.24) is 0 Å². The van der Waals surface area contributed by atoms with Gasteiger partial charge in [-0.2, -0.15) is 0 Å². The van der Waals surface area contributed by atoms with Crippen LogP contribution in [0.2, 0.25) is 0 Å². The third-order valence-corrected chi connectivity index (χ3v) is 3.61. The number of ether oxygens (including phenoxy) is 2. The Balaban J connectivity index is 1.95. The molecule has 0 aliphatic carbocycles. The first kappa shape index (κ1) is 17.6. The van der Waals surface area contributed by atoms with Gasteiger partial charge in [-0.25, -0.2) is 0 Å². The molecule has 0 spiro atoms. The van der Waals surface area contributed by atoms with E-state index in [1.807, 2.05) is 39.0 Å². The summed E-state index contributed by atoms with van der Waals surface area (Å²) in [6.07, 6.45) is 1.67. The lowest BCUT2D eigenvalue weighted by Crippen LogP contribution is -2.20. The minimum absolute atomic E-state index is 0.0402. The van der Waals surface area contributed by atoms with Gasteiger partial charge in [-0.15, -0.1) is 0 Å². The fourth-order valence-electron chi connectivity index (χ4n) is 2.31. The molecule has 1 amide bonds. The van der Waals surface area contributed by atoms with Crippen molar-refractivity contribution in [2.75, 3.05) is 18.5 Å². The van der Waals surface area contributed by atoms with Gasteiger partial charge in [0, 0.05) is 11.8 Å². The van der Waals surface area contributed by atoms with Gasteiger partial charge < -0.3 is 14.8 Å². The molecule has 4 nitrogen and oxygen atoms in total. The average Bonchev–Trinajstić information content (AvgIpc) is 2.55. The fraction of sp³-hybridized carbons (Fsp3) is 0.250. The smallest absolute Gasteiger partial charge is 0.262 e. The molecule has 0 aliphatic rings. The Kier molecular flexibility index (Phi) is 6.01. The summed E-state index contributed by atoms with van der Waals surface area (Å²) in [6.45, 7) is 10.0. The topological polar surface area (TPSA) is 47.6 Å². The maximum atomic E-state index is 12.1. The molecule has 0 fully saturated rings.